The zero-order valence-corrected chi connectivity index (χ0v) is 11.5. The summed E-state index contributed by atoms with van der Waals surface area (Å²) in [6, 6.07) is 5.29. The van der Waals surface area contributed by atoms with Crippen LogP contribution in [0.3, 0.4) is 0 Å². The van der Waals surface area contributed by atoms with Crippen molar-refractivity contribution in [3.63, 3.8) is 0 Å². The Kier molecular flexibility index (Phi) is 4.27. The Morgan fingerprint density at radius 1 is 1.26 bits per heavy atom. The lowest BCUT2D eigenvalue weighted by atomic mass is 10.1. The quantitative estimate of drug-likeness (QED) is 0.832. The van der Waals surface area contributed by atoms with Gasteiger partial charge in [0.15, 0.2) is 0 Å². The molecular formula is C14H19NO4. The largest absolute Gasteiger partial charge is 0.497 e. The maximum Gasteiger partial charge on any atom is 0.254 e. The number of hydrogen-bond acceptors (Lipinski definition) is 4. The molecule has 0 aromatic heterocycles. The molecule has 0 saturated carbocycles. The Morgan fingerprint density at radius 3 is 2.42 bits per heavy atom. The van der Waals surface area contributed by atoms with Gasteiger partial charge in [-0.1, -0.05) is 0 Å². The fourth-order valence-corrected chi connectivity index (χ4v) is 2.13. The minimum Gasteiger partial charge on any atom is -0.497 e. The summed E-state index contributed by atoms with van der Waals surface area (Å²) < 4.78 is 15.7. The summed E-state index contributed by atoms with van der Waals surface area (Å²) in [7, 11) is 3.14. The van der Waals surface area contributed by atoms with Crippen LogP contribution in [0.5, 0.6) is 11.5 Å². The molecule has 1 amide bonds. The minimum atomic E-state index is -0.0204. The molecule has 1 aliphatic rings. The van der Waals surface area contributed by atoms with Gasteiger partial charge in [-0.2, -0.15) is 0 Å². The number of carbonyl (C=O) groups is 1. The van der Waals surface area contributed by atoms with Crippen LogP contribution in [0.4, 0.5) is 0 Å². The summed E-state index contributed by atoms with van der Waals surface area (Å²) >= 11 is 0. The molecule has 0 bridgehead atoms. The zero-order valence-electron chi connectivity index (χ0n) is 11.5. The Labute approximate surface area is 113 Å². The number of carbonyl (C=O) groups excluding carboxylic acids is 1. The third kappa shape index (κ3) is 2.98. The van der Waals surface area contributed by atoms with Crippen molar-refractivity contribution in [1.82, 2.24) is 4.90 Å². The van der Waals surface area contributed by atoms with E-state index in [1.54, 1.807) is 32.4 Å². The first-order valence-electron chi connectivity index (χ1n) is 6.27. The smallest absolute Gasteiger partial charge is 0.254 e. The number of ether oxygens (including phenoxy) is 3. The summed E-state index contributed by atoms with van der Waals surface area (Å²) in [5.41, 5.74) is 0.574. The van der Waals surface area contributed by atoms with Gasteiger partial charge in [-0.05, 0) is 19.1 Å². The van der Waals surface area contributed by atoms with Crippen molar-refractivity contribution >= 4 is 5.91 Å². The third-order valence-corrected chi connectivity index (χ3v) is 3.23. The van der Waals surface area contributed by atoms with Crippen molar-refractivity contribution in [2.24, 2.45) is 0 Å². The normalized spacial score (nSPS) is 19.1. The van der Waals surface area contributed by atoms with Crippen molar-refractivity contribution in [2.75, 3.05) is 34.0 Å². The first-order valence-corrected chi connectivity index (χ1v) is 6.27. The van der Waals surface area contributed by atoms with E-state index in [2.05, 4.69) is 0 Å². The third-order valence-electron chi connectivity index (χ3n) is 3.23. The van der Waals surface area contributed by atoms with Crippen LogP contribution in [0.2, 0.25) is 0 Å². The van der Waals surface area contributed by atoms with Gasteiger partial charge in [0.1, 0.15) is 11.5 Å². The van der Waals surface area contributed by atoms with Crippen LogP contribution < -0.4 is 9.47 Å². The molecule has 5 heteroatoms. The summed E-state index contributed by atoms with van der Waals surface area (Å²) in [6.07, 6.45) is 0. The number of nitrogens with zero attached hydrogens (tertiary/aromatic N) is 1. The highest BCUT2D eigenvalue weighted by molar-refractivity contribution is 5.95. The number of amides is 1. The Morgan fingerprint density at radius 2 is 1.89 bits per heavy atom. The van der Waals surface area contributed by atoms with E-state index >= 15 is 0 Å². The van der Waals surface area contributed by atoms with Crippen molar-refractivity contribution in [1.29, 1.82) is 0 Å². The first kappa shape index (κ1) is 13.7. The SMILES string of the molecule is COc1cc(OC)cc(C(=O)N2CCOCC2C)c1. The molecule has 1 unspecified atom stereocenters. The summed E-state index contributed by atoms with van der Waals surface area (Å²) in [4.78, 5) is 14.3. The molecule has 0 radical (unpaired) electrons. The molecule has 1 atom stereocenters. The molecule has 5 nitrogen and oxygen atoms in total. The topological polar surface area (TPSA) is 48.0 Å². The van der Waals surface area contributed by atoms with Crippen LogP contribution in [0, 0.1) is 0 Å². The van der Waals surface area contributed by atoms with E-state index in [1.807, 2.05) is 11.8 Å². The van der Waals surface area contributed by atoms with Crippen LogP contribution >= 0.6 is 0 Å². The lowest BCUT2D eigenvalue weighted by molar-refractivity contribution is 0.00356. The molecule has 0 spiro atoms. The summed E-state index contributed by atoms with van der Waals surface area (Å²) in [5.74, 6) is 1.21. The van der Waals surface area contributed by atoms with Crippen LogP contribution in [-0.4, -0.2) is 50.8 Å². The van der Waals surface area contributed by atoms with Gasteiger partial charge < -0.3 is 19.1 Å². The van der Waals surface area contributed by atoms with Crippen molar-refractivity contribution in [2.45, 2.75) is 13.0 Å². The van der Waals surface area contributed by atoms with Crippen molar-refractivity contribution in [3.8, 4) is 11.5 Å². The molecule has 0 N–H and O–H groups in total. The van der Waals surface area contributed by atoms with Crippen LogP contribution in [-0.2, 0) is 4.74 Å². The average Bonchev–Trinajstić information content (AvgIpc) is 2.46. The molecule has 0 aliphatic carbocycles. The number of morpholine rings is 1. The molecule has 1 saturated heterocycles. The Bertz CT molecular complexity index is 439. The van der Waals surface area contributed by atoms with Gasteiger partial charge in [0, 0.05) is 18.2 Å². The zero-order chi connectivity index (χ0) is 13.8. The van der Waals surface area contributed by atoms with Gasteiger partial charge in [-0.25, -0.2) is 0 Å². The van der Waals surface area contributed by atoms with E-state index in [-0.39, 0.29) is 11.9 Å². The molecule has 1 aliphatic heterocycles. The molecule has 1 heterocycles. The first-order chi connectivity index (χ1) is 9.15. The van der Waals surface area contributed by atoms with E-state index in [0.717, 1.165) is 0 Å². The summed E-state index contributed by atoms with van der Waals surface area (Å²) in [6.45, 7) is 3.75. The van der Waals surface area contributed by atoms with Crippen LogP contribution in [0.15, 0.2) is 18.2 Å². The standard InChI is InChI=1S/C14H19NO4/c1-10-9-19-5-4-15(10)14(16)11-6-12(17-2)8-13(7-11)18-3/h6-8,10H,4-5,9H2,1-3H3. The van der Waals surface area contributed by atoms with Crippen molar-refractivity contribution in [3.05, 3.63) is 23.8 Å². The van der Waals surface area contributed by atoms with Gasteiger partial charge >= 0.3 is 0 Å². The maximum absolute atomic E-state index is 12.5. The van der Waals surface area contributed by atoms with E-state index in [1.165, 1.54) is 0 Å². The Hall–Kier alpha value is -1.75. The summed E-state index contributed by atoms with van der Waals surface area (Å²) in [5, 5.41) is 0. The second-order valence-corrected chi connectivity index (χ2v) is 4.52. The fraction of sp³-hybridized carbons (Fsp3) is 0.500. The number of benzene rings is 1. The maximum atomic E-state index is 12.5. The molecule has 2 rings (SSSR count). The molecule has 19 heavy (non-hydrogen) atoms. The predicted octanol–water partition coefficient (Wildman–Crippen LogP) is 1.56. The highest BCUT2D eigenvalue weighted by Crippen LogP contribution is 2.24. The second kappa shape index (κ2) is 5.93. The Balaban J connectivity index is 2.26. The number of rotatable bonds is 3. The minimum absolute atomic E-state index is 0.0204. The fourth-order valence-electron chi connectivity index (χ4n) is 2.13. The molecule has 1 aromatic carbocycles. The van der Waals surface area contributed by atoms with Gasteiger partial charge in [-0.3, -0.25) is 4.79 Å². The molecule has 104 valence electrons. The van der Waals surface area contributed by atoms with E-state index in [9.17, 15) is 4.79 Å². The monoisotopic (exact) mass is 265 g/mol. The van der Waals surface area contributed by atoms with Crippen molar-refractivity contribution < 1.29 is 19.0 Å². The van der Waals surface area contributed by atoms with E-state index in [4.69, 9.17) is 14.2 Å². The van der Waals surface area contributed by atoms with Crippen LogP contribution in [0.1, 0.15) is 17.3 Å². The number of methoxy groups -OCH3 is 2. The molecule has 1 aromatic rings. The lowest BCUT2D eigenvalue weighted by Crippen LogP contribution is -2.47. The van der Waals surface area contributed by atoms with Gasteiger partial charge in [0.05, 0.1) is 33.5 Å². The lowest BCUT2D eigenvalue weighted by Gasteiger charge is -2.33. The van der Waals surface area contributed by atoms with Gasteiger partial charge in [0.2, 0.25) is 0 Å². The number of hydrogen-bond donors (Lipinski definition) is 0. The van der Waals surface area contributed by atoms with Gasteiger partial charge in [-0.15, -0.1) is 0 Å². The second-order valence-electron chi connectivity index (χ2n) is 4.52. The van der Waals surface area contributed by atoms with E-state index < -0.39 is 0 Å². The van der Waals surface area contributed by atoms with E-state index in [0.29, 0.717) is 36.8 Å². The highest BCUT2D eigenvalue weighted by atomic mass is 16.5. The van der Waals surface area contributed by atoms with Crippen LogP contribution in [0.25, 0.3) is 0 Å². The molecular weight excluding hydrogens is 246 g/mol. The average molecular weight is 265 g/mol. The highest BCUT2D eigenvalue weighted by Gasteiger charge is 2.25. The predicted molar refractivity (Wildman–Crippen MR) is 70.9 cm³/mol. The van der Waals surface area contributed by atoms with Gasteiger partial charge in [0.25, 0.3) is 5.91 Å². The molecule has 1 fully saturated rings.